The third kappa shape index (κ3) is 3.26. The standard InChI is InChI=1S/C12H12N4S/c1-9(4-10-2-3-17-8-10)16-12-7-14-11(5-13)6-15-12/h2-3,6-9H,4H2,1H3,(H,15,16). The minimum Gasteiger partial charge on any atom is -0.366 e. The van der Waals surface area contributed by atoms with Crippen LogP contribution in [0.25, 0.3) is 0 Å². The van der Waals surface area contributed by atoms with Gasteiger partial charge in [-0.15, -0.1) is 0 Å². The van der Waals surface area contributed by atoms with E-state index in [0.29, 0.717) is 11.5 Å². The van der Waals surface area contributed by atoms with Crippen LogP contribution in [0, 0.1) is 11.3 Å². The summed E-state index contributed by atoms with van der Waals surface area (Å²) in [6, 6.07) is 4.35. The first-order valence-corrected chi connectivity index (χ1v) is 6.22. The summed E-state index contributed by atoms with van der Waals surface area (Å²) >= 11 is 1.70. The van der Waals surface area contributed by atoms with E-state index in [1.165, 1.54) is 11.8 Å². The van der Waals surface area contributed by atoms with E-state index in [-0.39, 0.29) is 6.04 Å². The summed E-state index contributed by atoms with van der Waals surface area (Å²) in [6.45, 7) is 2.09. The molecule has 0 fully saturated rings. The zero-order valence-corrected chi connectivity index (χ0v) is 10.2. The highest BCUT2D eigenvalue weighted by atomic mass is 32.1. The predicted molar refractivity (Wildman–Crippen MR) is 67.9 cm³/mol. The van der Waals surface area contributed by atoms with Crippen LogP contribution in [0.1, 0.15) is 18.2 Å². The molecule has 17 heavy (non-hydrogen) atoms. The molecule has 2 rings (SSSR count). The van der Waals surface area contributed by atoms with E-state index in [2.05, 4.69) is 39.0 Å². The van der Waals surface area contributed by atoms with Crippen molar-refractivity contribution in [1.82, 2.24) is 9.97 Å². The lowest BCUT2D eigenvalue weighted by Crippen LogP contribution is -2.18. The number of nitrogens with zero attached hydrogens (tertiary/aromatic N) is 3. The van der Waals surface area contributed by atoms with Gasteiger partial charge in [0.15, 0.2) is 5.69 Å². The van der Waals surface area contributed by atoms with Gasteiger partial charge in [0.1, 0.15) is 11.9 Å². The molecule has 4 nitrogen and oxygen atoms in total. The first-order chi connectivity index (χ1) is 8.28. The molecule has 2 heterocycles. The molecule has 0 aliphatic rings. The Morgan fingerprint density at radius 1 is 1.47 bits per heavy atom. The molecular weight excluding hydrogens is 232 g/mol. The topological polar surface area (TPSA) is 61.6 Å². The Morgan fingerprint density at radius 2 is 2.35 bits per heavy atom. The number of hydrogen-bond acceptors (Lipinski definition) is 5. The third-order valence-electron chi connectivity index (χ3n) is 2.28. The molecule has 0 spiro atoms. The predicted octanol–water partition coefficient (Wildman–Crippen LogP) is 2.45. The number of thiophene rings is 1. The fourth-order valence-electron chi connectivity index (χ4n) is 1.53. The molecule has 1 unspecified atom stereocenters. The van der Waals surface area contributed by atoms with Crippen LogP contribution in [-0.4, -0.2) is 16.0 Å². The molecule has 0 amide bonds. The number of nitrogens with one attached hydrogen (secondary N) is 1. The Kier molecular flexibility index (Phi) is 3.68. The Morgan fingerprint density at radius 3 is 2.94 bits per heavy atom. The van der Waals surface area contributed by atoms with Crippen LogP contribution in [0.4, 0.5) is 5.82 Å². The Balaban J connectivity index is 1.94. The summed E-state index contributed by atoms with van der Waals surface area (Å²) in [4.78, 5) is 8.09. The van der Waals surface area contributed by atoms with E-state index in [0.717, 1.165) is 6.42 Å². The molecule has 0 radical (unpaired) electrons. The lowest BCUT2D eigenvalue weighted by atomic mass is 10.1. The highest BCUT2D eigenvalue weighted by Gasteiger charge is 2.05. The molecular formula is C12H12N4S. The van der Waals surface area contributed by atoms with E-state index < -0.39 is 0 Å². The van der Waals surface area contributed by atoms with Crippen molar-refractivity contribution in [3.63, 3.8) is 0 Å². The van der Waals surface area contributed by atoms with Crippen LogP contribution in [0.15, 0.2) is 29.2 Å². The van der Waals surface area contributed by atoms with Crippen LogP contribution in [0.3, 0.4) is 0 Å². The van der Waals surface area contributed by atoms with Crippen molar-refractivity contribution >= 4 is 17.2 Å². The van der Waals surface area contributed by atoms with Gasteiger partial charge in [-0.05, 0) is 35.7 Å². The maximum Gasteiger partial charge on any atom is 0.158 e. The van der Waals surface area contributed by atoms with Crippen molar-refractivity contribution in [3.05, 3.63) is 40.5 Å². The van der Waals surface area contributed by atoms with Crippen LogP contribution in [0.2, 0.25) is 0 Å². The van der Waals surface area contributed by atoms with E-state index in [1.54, 1.807) is 17.5 Å². The highest BCUT2D eigenvalue weighted by molar-refractivity contribution is 7.07. The fourth-order valence-corrected chi connectivity index (χ4v) is 2.21. The minimum absolute atomic E-state index is 0.284. The Bertz CT molecular complexity index is 498. The summed E-state index contributed by atoms with van der Waals surface area (Å²) in [6.07, 6.45) is 4.01. The molecule has 0 aliphatic heterocycles. The quantitative estimate of drug-likeness (QED) is 0.897. The Hall–Kier alpha value is -1.93. The summed E-state index contributed by atoms with van der Waals surface area (Å²) in [5.74, 6) is 0.701. The molecule has 0 aliphatic carbocycles. The monoisotopic (exact) mass is 244 g/mol. The second kappa shape index (κ2) is 5.41. The van der Waals surface area contributed by atoms with Gasteiger partial charge in [-0.3, -0.25) is 0 Å². The number of hydrogen-bond donors (Lipinski definition) is 1. The van der Waals surface area contributed by atoms with Gasteiger partial charge in [0.05, 0.1) is 12.4 Å². The van der Waals surface area contributed by atoms with E-state index >= 15 is 0 Å². The highest BCUT2D eigenvalue weighted by Crippen LogP contribution is 2.11. The molecule has 2 aromatic heterocycles. The first-order valence-electron chi connectivity index (χ1n) is 5.27. The molecule has 2 aromatic rings. The largest absolute Gasteiger partial charge is 0.366 e. The van der Waals surface area contributed by atoms with Crippen LogP contribution >= 0.6 is 11.3 Å². The molecule has 1 atom stereocenters. The molecule has 0 bridgehead atoms. The summed E-state index contributed by atoms with van der Waals surface area (Å²) in [5.41, 5.74) is 1.65. The van der Waals surface area contributed by atoms with Crippen molar-refractivity contribution in [1.29, 1.82) is 5.26 Å². The van der Waals surface area contributed by atoms with Crippen molar-refractivity contribution in [2.75, 3.05) is 5.32 Å². The lowest BCUT2D eigenvalue weighted by molar-refractivity contribution is 0.785. The van der Waals surface area contributed by atoms with Gasteiger partial charge < -0.3 is 5.32 Å². The number of aromatic nitrogens is 2. The summed E-state index contributed by atoms with van der Waals surface area (Å²) in [7, 11) is 0. The number of anilines is 1. The number of nitriles is 1. The van der Waals surface area contributed by atoms with E-state index in [1.807, 2.05) is 6.07 Å². The summed E-state index contributed by atoms with van der Waals surface area (Å²) < 4.78 is 0. The zero-order valence-electron chi connectivity index (χ0n) is 9.42. The maximum absolute atomic E-state index is 8.61. The first kappa shape index (κ1) is 11.6. The van der Waals surface area contributed by atoms with E-state index in [4.69, 9.17) is 5.26 Å². The number of rotatable bonds is 4. The SMILES string of the molecule is CC(Cc1ccsc1)Nc1cnc(C#N)cn1. The average Bonchev–Trinajstić information content (AvgIpc) is 2.82. The smallest absolute Gasteiger partial charge is 0.158 e. The normalized spacial score (nSPS) is 11.8. The molecule has 0 aromatic carbocycles. The second-order valence-electron chi connectivity index (χ2n) is 3.78. The van der Waals surface area contributed by atoms with E-state index in [9.17, 15) is 0 Å². The van der Waals surface area contributed by atoms with Crippen LogP contribution in [-0.2, 0) is 6.42 Å². The van der Waals surface area contributed by atoms with Crippen molar-refractivity contribution in [2.24, 2.45) is 0 Å². The molecule has 0 saturated carbocycles. The zero-order chi connectivity index (χ0) is 12.1. The van der Waals surface area contributed by atoms with Crippen molar-refractivity contribution in [3.8, 4) is 6.07 Å². The van der Waals surface area contributed by atoms with Gasteiger partial charge in [-0.25, -0.2) is 9.97 Å². The average molecular weight is 244 g/mol. The van der Waals surface area contributed by atoms with Crippen LogP contribution < -0.4 is 5.32 Å². The molecule has 1 N–H and O–H groups in total. The lowest BCUT2D eigenvalue weighted by Gasteiger charge is -2.13. The van der Waals surface area contributed by atoms with Gasteiger partial charge in [-0.2, -0.15) is 16.6 Å². The maximum atomic E-state index is 8.61. The molecule has 86 valence electrons. The molecule has 5 heteroatoms. The molecule has 0 saturated heterocycles. The summed E-state index contributed by atoms with van der Waals surface area (Å²) in [5, 5.41) is 16.1. The van der Waals surface area contributed by atoms with Crippen molar-refractivity contribution in [2.45, 2.75) is 19.4 Å². The van der Waals surface area contributed by atoms with Gasteiger partial charge in [0.2, 0.25) is 0 Å². The van der Waals surface area contributed by atoms with Gasteiger partial charge in [-0.1, -0.05) is 0 Å². The van der Waals surface area contributed by atoms with Gasteiger partial charge in [0, 0.05) is 6.04 Å². The Labute approximate surface area is 104 Å². The minimum atomic E-state index is 0.284. The van der Waals surface area contributed by atoms with Gasteiger partial charge >= 0.3 is 0 Å². The fraction of sp³-hybridized carbons (Fsp3) is 0.250. The van der Waals surface area contributed by atoms with Crippen molar-refractivity contribution < 1.29 is 0 Å². The van der Waals surface area contributed by atoms with Gasteiger partial charge in [0.25, 0.3) is 0 Å². The second-order valence-corrected chi connectivity index (χ2v) is 4.56. The van der Waals surface area contributed by atoms with Crippen LogP contribution in [0.5, 0.6) is 0 Å². The third-order valence-corrected chi connectivity index (χ3v) is 3.01.